The van der Waals surface area contributed by atoms with E-state index in [0.717, 1.165) is 72.4 Å². The van der Waals surface area contributed by atoms with Gasteiger partial charge in [-0.1, -0.05) is 44.4 Å². The molecule has 9 nitrogen and oxygen atoms in total. The minimum atomic E-state index is -0.796. The molecule has 2 aliphatic rings. The van der Waals surface area contributed by atoms with E-state index in [1.807, 2.05) is 41.4 Å². The molecule has 2 aromatic heterocycles. The van der Waals surface area contributed by atoms with Crippen molar-refractivity contribution in [2.24, 2.45) is 5.92 Å². The first kappa shape index (κ1) is 29.9. The number of hydrogen-bond acceptors (Lipinski definition) is 6. The highest BCUT2D eigenvalue weighted by atomic mass is 16.5. The van der Waals surface area contributed by atoms with Crippen LogP contribution in [0.2, 0.25) is 0 Å². The number of hydrogen-bond donors (Lipinski definition) is 3. The van der Waals surface area contributed by atoms with E-state index >= 15 is 0 Å². The number of para-hydroxylation sites is 1. The number of aryl methyl sites for hydroxylation is 1. The van der Waals surface area contributed by atoms with Crippen molar-refractivity contribution >= 4 is 33.7 Å². The predicted octanol–water partition coefficient (Wildman–Crippen LogP) is 4.88. The Hall–Kier alpha value is -4.11. The fraction of sp³-hybridized carbons (Fsp3) is 0.457. The van der Waals surface area contributed by atoms with E-state index in [-0.39, 0.29) is 18.4 Å². The molecular weight excluding hydrogens is 558 g/mol. The minimum absolute atomic E-state index is 0.0529. The quantitative estimate of drug-likeness (QED) is 0.223. The van der Waals surface area contributed by atoms with E-state index in [2.05, 4.69) is 17.2 Å². The monoisotopic (exact) mass is 599 g/mol. The van der Waals surface area contributed by atoms with Gasteiger partial charge in [-0.15, -0.1) is 0 Å². The fourth-order valence-corrected chi connectivity index (χ4v) is 6.97. The number of carbonyl (C=O) groups is 2. The van der Waals surface area contributed by atoms with Crippen LogP contribution in [0.1, 0.15) is 63.0 Å². The van der Waals surface area contributed by atoms with Crippen LogP contribution in [0, 0.1) is 5.92 Å². The van der Waals surface area contributed by atoms with Gasteiger partial charge < -0.3 is 29.5 Å². The third-order valence-corrected chi connectivity index (χ3v) is 9.44. The lowest BCUT2D eigenvalue weighted by molar-refractivity contribution is -0.147. The van der Waals surface area contributed by atoms with Crippen LogP contribution in [-0.4, -0.2) is 58.1 Å². The molecule has 3 N–H and O–H groups in total. The first-order chi connectivity index (χ1) is 21.3. The molecule has 2 fully saturated rings. The Bertz CT molecular complexity index is 1710. The number of ether oxygens (including phenoxy) is 1. The third-order valence-electron chi connectivity index (χ3n) is 9.44. The smallest absolute Gasteiger partial charge is 0.336 e. The number of amides is 2. The second kappa shape index (κ2) is 12.9. The Kier molecular flexibility index (Phi) is 8.75. The molecule has 0 radical (unpaired) electrons. The zero-order valence-electron chi connectivity index (χ0n) is 25.3. The maximum atomic E-state index is 14.0. The predicted molar refractivity (Wildman–Crippen MR) is 169 cm³/mol. The van der Waals surface area contributed by atoms with Crippen LogP contribution in [0.25, 0.3) is 21.9 Å². The Labute approximate surface area is 256 Å². The number of H-pyrrole nitrogens is 1. The summed E-state index contributed by atoms with van der Waals surface area (Å²) in [5.74, 6) is -0.122. The molecule has 4 aromatic rings. The number of aromatic nitrogens is 1. The topological polar surface area (TPSA) is 125 Å². The summed E-state index contributed by atoms with van der Waals surface area (Å²) in [7, 11) is 0. The first-order valence-electron chi connectivity index (χ1n) is 15.9. The number of nitrogens with zero attached hydrogens (tertiary/aromatic N) is 1. The number of fused-ring (bicyclic) bond motifs is 3. The molecule has 1 saturated heterocycles. The largest absolute Gasteiger partial charge is 0.484 e. The van der Waals surface area contributed by atoms with Gasteiger partial charge in [-0.3, -0.25) is 9.59 Å². The molecule has 3 atom stereocenters. The summed E-state index contributed by atoms with van der Waals surface area (Å²) in [6.45, 7) is 2.76. The summed E-state index contributed by atoms with van der Waals surface area (Å²) in [5, 5.41) is 16.0. The van der Waals surface area contributed by atoms with Crippen molar-refractivity contribution in [1.29, 1.82) is 0 Å². The first-order valence-corrected chi connectivity index (χ1v) is 15.9. The lowest BCUT2D eigenvalue weighted by atomic mass is 9.71. The number of piperidine rings is 1. The number of rotatable bonds is 10. The molecule has 1 saturated carbocycles. The molecule has 2 aromatic carbocycles. The molecule has 2 amide bonds. The highest BCUT2D eigenvalue weighted by Crippen LogP contribution is 2.40. The molecule has 232 valence electrons. The highest BCUT2D eigenvalue weighted by Gasteiger charge is 2.44. The van der Waals surface area contributed by atoms with Crippen molar-refractivity contribution in [2.45, 2.75) is 76.4 Å². The van der Waals surface area contributed by atoms with Gasteiger partial charge in [0.05, 0.1) is 5.60 Å². The molecule has 9 heteroatoms. The summed E-state index contributed by atoms with van der Waals surface area (Å²) in [4.78, 5) is 44.4. The second-order valence-corrected chi connectivity index (χ2v) is 12.4. The highest BCUT2D eigenvalue weighted by molar-refractivity contribution is 5.90. The average molecular weight is 600 g/mol. The summed E-state index contributed by atoms with van der Waals surface area (Å²) in [6, 6.07) is 13.9. The van der Waals surface area contributed by atoms with Crippen molar-refractivity contribution in [3.05, 3.63) is 76.3 Å². The minimum Gasteiger partial charge on any atom is -0.484 e. The van der Waals surface area contributed by atoms with Gasteiger partial charge in [0.1, 0.15) is 17.4 Å². The zero-order chi connectivity index (χ0) is 30.7. The maximum absolute atomic E-state index is 14.0. The zero-order valence-corrected chi connectivity index (χ0v) is 25.3. The van der Waals surface area contributed by atoms with Crippen LogP contribution in [0.15, 0.2) is 63.9 Å². The fourth-order valence-electron chi connectivity index (χ4n) is 6.97. The van der Waals surface area contributed by atoms with Gasteiger partial charge in [-0.05, 0) is 61.4 Å². The van der Waals surface area contributed by atoms with E-state index in [0.29, 0.717) is 37.3 Å². The van der Waals surface area contributed by atoms with Crippen molar-refractivity contribution < 1.29 is 23.8 Å². The molecule has 0 spiro atoms. The molecule has 6 rings (SSSR count). The summed E-state index contributed by atoms with van der Waals surface area (Å²) >= 11 is 0. The number of unbranched alkanes of at least 4 members (excludes halogenated alkanes) is 1. The average Bonchev–Trinajstić information content (AvgIpc) is 3.44. The van der Waals surface area contributed by atoms with E-state index < -0.39 is 23.2 Å². The lowest BCUT2D eigenvalue weighted by Crippen LogP contribution is -2.58. The Morgan fingerprint density at radius 1 is 1.14 bits per heavy atom. The Morgan fingerprint density at radius 3 is 2.86 bits per heavy atom. The molecule has 3 heterocycles. The van der Waals surface area contributed by atoms with E-state index in [1.54, 1.807) is 12.1 Å². The van der Waals surface area contributed by atoms with E-state index in [1.165, 1.54) is 6.07 Å². The van der Waals surface area contributed by atoms with Crippen LogP contribution in [0.5, 0.6) is 5.75 Å². The number of aliphatic hydroxyl groups is 1. The standard InChI is InChI=1S/C35H41N3O6/c1-2-3-8-23-18-33(40)44-31-19-26(12-13-28(23)31)43-22-32(39)37-30(17-24-20-36-29-11-5-4-10-27(24)29)34(41)38-16-15-35(42)14-7-6-9-25(35)21-38/h4-5,10-13,18-20,25,30,36,42H,2-3,6-9,14-17,21-22H2,1H3,(H,37,39)/t25-,30-,35+/m0/s1. The summed E-state index contributed by atoms with van der Waals surface area (Å²) in [5.41, 5.74) is 2.14. The second-order valence-electron chi connectivity index (χ2n) is 12.4. The maximum Gasteiger partial charge on any atom is 0.336 e. The molecule has 1 aliphatic heterocycles. The molecule has 44 heavy (non-hydrogen) atoms. The van der Waals surface area contributed by atoms with Crippen molar-refractivity contribution in [3.63, 3.8) is 0 Å². The molecule has 0 unspecified atom stereocenters. The van der Waals surface area contributed by atoms with Crippen molar-refractivity contribution in [3.8, 4) is 5.75 Å². The van der Waals surface area contributed by atoms with Gasteiger partial charge in [-0.2, -0.15) is 0 Å². The SMILES string of the molecule is CCCCc1cc(=O)oc2cc(OCC(=O)N[C@@H](Cc3c[nH]c4ccccc34)C(=O)N3CC[C@]4(O)CCCC[C@H]4C3)ccc12. The molecular formula is C35H41N3O6. The summed E-state index contributed by atoms with van der Waals surface area (Å²) < 4.78 is 11.2. The van der Waals surface area contributed by atoms with Gasteiger partial charge in [-0.25, -0.2) is 4.79 Å². The van der Waals surface area contributed by atoms with Crippen LogP contribution < -0.4 is 15.7 Å². The van der Waals surface area contributed by atoms with Crippen molar-refractivity contribution in [2.75, 3.05) is 19.7 Å². The van der Waals surface area contributed by atoms with Crippen LogP contribution in [0.3, 0.4) is 0 Å². The van der Waals surface area contributed by atoms with Crippen molar-refractivity contribution in [1.82, 2.24) is 15.2 Å². The number of likely N-dealkylation sites (tertiary alicyclic amines) is 1. The number of carbonyl (C=O) groups excluding carboxylic acids is 2. The Balaban J connectivity index is 1.17. The van der Waals surface area contributed by atoms with Gasteiger partial charge in [0.15, 0.2) is 6.61 Å². The number of benzene rings is 2. The van der Waals surface area contributed by atoms with E-state index in [4.69, 9.17) is 9.15 Å². The lowest BCUT2D eigenvalue weighted by Gasteiger charge is -2.48. The van der Waals surface area contributed by atoms with Gasteiger partial charge in [0.2, 0.25) is 5.91 Å². The van der Waals surface area contributed by atoms with E-state index in [9.17, 15) is 19.5 Å². The van der Waals surface area contributed by atoms with Crippen LogP contribution in [-0.2, 0) is 22.4 Å². The van der Waals surface area contributed by atoms with Crippen LogP contribution >= 0.6 is 0 Å². The number of aromatic amines is 1. The molecule has 1 aliphatic carbocycles. The third kappa shape index (κ3) is 6.38. The van der Waals surface area contributed by atoms with Crippen LogP contribution in [0.4, 0.5) is 0 Å². The Morgan fingerprint density at radius 2 is 2.00 bits per heavy atom. The van der Waals surface area contributed by atoms with Gasteiger partial charge in [0, 0.05) is 60.0 Å². The van der Waals surface area contributed by atoms with Gasteiger partial charge in [0.25, 0.3) is 5.91 Å². The molecule has 0 bridgehead atoms. The number of nitrogens with one attached hydrogen (secondary N) is 2. The normalized spacial score (nSPS) is 20.8. The summed E-state index contributed by atoms with van der Waals surface area (Å²) in [6.07, 6.45) is 9.29. The van der Waals surface area contributed by atoms with Gasteiger partial charge >= 0.3 is 5.63 Å².